The number of hydrogen-bond donors (Lipinski definition) is 2. The molecular weight excluding hydrogens is 220 g/mol. The predicted molar refractivity (Wildman–Crippen MR) is 69.2 cm³/mol. The molecule has 0 aromatic rings. The fraction of sp³-hybridized carbons (Fsp3) is 1.00. The number of aliphatic hydroxyl groups excluding tert-OH is 2. The summed E-state index contributed by atoms with van der Waals surface area (Å²) in [4.78, 5) is 4.12. The Morgan fingerprint density at radius 3 is 1.41 bits per heavy atom. The second kappa shape index (κ2) is 9.79. The highest BCUT2D eigenvalue weighted by Gasteiger charge is 2.14. The molecule has 2 N–H and O–H groups in total. The molecule has 5 heteroatoms. The van der Waals surface area contributed by atoms with Gasteiger partial charge in [-0.15, -0.1) is 0 Å². The van der Waals surface area contributed by atoms with Gasteiger partial charge >= 0.3 is 0 Å². The Morgan fingerprint density at radius 1 is 0.824 bits per heavy atom. The van der Waals surface area contributed by atoms with Crippen LogP contribution in [-0.2, 0) is 4.74 Å². The Bertz CT molecular complexity index is 159. The molecular formula is C12H28N2O3. The lowest BCUT2D eigenvalue weighted by Crippen LogP contribution is -2.37. The zero-order valence-corrected chi connectivity index (χ0v) is 11.6. The minimum atomic E-state index is 0.181. The van der Waals surface area contributed by atoms with E-state index in [1.54, 1.807) is 0 Å². The van der Waals surface area contributed by atoms with Gasteiger partial charge in [0.2, 0.25) is 0 Å². The molecule has 0 bridgehead atoms. The zero-order chi connectivity index (χ0) is 13.3. The van der Waals surface area contributed by atoms with E-state index in [4.69, 9.17) is 14.9 Å². The van der Waals surface area contributed by atoms with Crippen LogP contribution in [0.3, 0.4) is 0 Å². The van der Waals surface area contributed by atoms with E-state index >= 15 is 0 Å². The van der Waals surface area contributed by atoms with Crippen LogP contribution in [0.5, 0.6) is 0 Å². The number of hydrogen-bond acceptors (Lipinski definition) is 5. The maximum absolute atomic E-state index is 8.94. The molecule has 0 aromatic heterocycles. The van der Waals surface area contributed by atoms with Crippen molar-refractivity contribution in [2.24, 2.45) is 0 Å². The van der Waals surface area contributed by atoms with Gasteiger partial charge in [-0.05, 0) is 41.0 Å². The van der Waals surface area contributed by atoms with Gasteiger partial charge in [0.15, 0.2) is 0 Å². The molecule has 0 saturated carbocycles. The van der Waals surface area contributed by atoms with E-state index in [0.717, 1.165) is 12.8 Å². The first kappa shape index (κ1) is 16.8. The number of nitrogens with zero attached hydrogens (tertiary/aromatic N) is 2. The normalized spacial score (nSPS) is 15.5. The molecule has 2 unspecified atom stereocenters. The Labute approximate surface area is 105 Å². The maximum atomic E-state index is 8.94. The second-order valence-electron chi connectivity index (χ2n) is 4.80. The number of likely N-dealkylation sites (N-methyl/N-ethyl adjacent to an activating group) is 2. The van der Waals surface area contributed by atoms with Crippen molar-refractivity contribution in [3.63, 3.8) is 0 Å². The van der Waals surface area contributed by atoms with Crippen molar-refractivity contribution in [2.45, 2.75) is 24.9 Å². The summed E-state index contributed by atoms with van der Waals surface area (Å²) in [7, 11) is 7.95. The van der Waals surface area contributed by atoms with E-state index in [1.807, 2.05) is 28.2 Å². The third kappa shape index (κ3) is 7.68. The lowest BCUT2D eigenvalue weighted by atomic mass is 10.2. The van der Waals surface area contributed by atoms with E-state index < -0.39 is 0 Å². The van der Waals surface area contributed by atoms with Gasteiger partial charge in [-0.3, -0.25) is 0 Å². The molecule has 0 spiro atoms. The van der Waals surface area contributed by atoms with Crippen molar-refractivity contribution in [1.82, 2.24) is 9.80 Å². The molecule has 0 radical (unpaired) electrons. The number of rotatable bonds is 10. The standard InChI is InChI=1S/C12H28N2O3/c1-13(2)11(5-7-15)9-17-10-12(6-8-16)14(3)4/h11-12,15-16H,5-10H2,1-4H3. The van der Waals surface area contributed by atoms with Gasteiger partial charge in [0.25, 0.3) is 0 Å². The van der Waals surface area contributed by atoms with Crippen LogP contribution in [0.4, 0.5) is 0 Å². The van der Waals surface area contributed by atoms with Gasteiger partial charge in [-0.1, -0.05) is 0 Å². The molecule has 0 aliphatic rings. The minimum absolute atomic E-state index is 0.181. The van der Waals surface area contributed by atoms with Gasteiger partial charge in [-0.2, -0.15) is 0 Å². The highest BCUT2D eigenvalue weighted by molar-refractivity contribution is 4.68. The highest BCUT2D eigenvalue weighted by atomic mass is 16.5. The third-order valence-corrected chi connectivity index (χ3v) is 3.01. The summed E-state index contributed by atoms with van der Waals surface area (Å²) in [5, 5.41) is 17.9. The topological polar surface area (TPSA) is 56.2 Å². The summed E-state index contributed by atoms with van der Waals surface area (Å²) in [6, 6.07) is 0.494. The molecule has 0 saturated heterocycles. The van der Waals surface area contributed by atoms with Crippen LogP contribution in [0.1, 0.15) is 12.8 Å². The number of ether oxygens (including phenoxy) is 1. The Morgan fingerprint density at radius 2 is 1.18 bits per heavy atom. The first-order chi connectivity index (χ1) is 8.02. The molecule has 0 fully saturated rings. The molecule has 0 amide bonds. The number of aliphatic hydroxyl groups is 2. The van der Waals surface area contributed by atoms with Crippen LogP contribution < -0.4 is 0 Å². The lowest BCUT2D eigenvalue weighted by Gasteiger charge is -2.27. The molecule has 5 nitrogen and oxygen atoms in total. The van der Waals surface area contributed by atoms with Crippen molar-refractivity contribution < 1.29 is 14.9 Å². The summed E-state index contributed by atoms with van der Waals surface area (Å²) in [5.41, 5.74) is 0. The van der Waals surface area contributed by atoms with E-state index in [1.165, 1.54) is 0 Å². The molecule has 2 atom stereocenters. The molecule has 0 aliphatic heterocycles. The SMILES string of the molecule is CN(C)C(CCO)COCC(CCO)N(C)C. The van der Waals surface area contributed by atoms with Gasteiger partial charge in [0, 0.05) is 25.3 Å². The predicted octanol–water partition coefficient (Wildman–Crippen LogP) is -0.372. The molecule has 104 valence electrons. The molecule has 0 rings (SSSR count). The molecule has 17 heavy (non-hydrogen) atoms. The molecule has 0 aliphatic carbocycles. The van der Waals surface area contributed by atoms with Crippen molar-refractivity contribution in [1.29, 1.82) is 0 Å². The van der Waals surface area contributed by atoms with E-state index in [9.17, 15) is 0 Å². The quantitative estimate of drug-likeness (QED) is 0.552. The Hall–Kier alpha value is -0.200. The lowest BCUT2D eigenvalue weighted by molar-refractivity contribution is 0.0313. The van der Waals surface area contributed by atoms with Gasteiger partial charge in [0.05, 0.1) is 13.2 Å². The van der Waals surface area contributed by atoms with Crippen LogP contribution in [0.25, 0.3) is 0 Å². The van der Waals surface area contributed by atoms with Crippen LogP contribution in [-0.4, -0.2) is 86.7 Å². The van der Waals surface area contributed by atoms with Crippen molar-refractivity contribution in [2.75, 3.05) is 54.6 Å². The third-order valence-electron chi connectivity index (χ3n) is 3.01. The van der Waals surface area contributed by atoms with Crippen molar-refractivity contribution >= 4 is 0 Å². The average Bonchev–Trinajstić information content (AvgIpc) is 2.26. The summed E-state index contributed by atoms with van der Waals surface area (Å²) in [5.74, 6) is 0. The largest absolute Gasteiger partial charge is 0.396 e. The summed E-state index contributed by atoms with van der Waals surface area (Å²) >= 11 is 0. The van der Waals surface area contributed by atoms with Crippen LogP contribution in [0.15, 0.2) is 0 Å². The first-order valence-corrected chi connectivity index (χ1v) is 6.15. The summed E-state index contributed by atoms with van der Waals surface area (Å²) in [6.45, 7) is 1.59. The second-order valence-corrected chi connectivity index (χ2v) is 4.80. The van der Waals surface area contributed by atoms with Crippen LogP contribution >= 0.6 is 0 Å². The molecule has 0 aromatic carbocycles. The van der Waals surface area contributed by atoms with E-state index in [0.29, 0.717) is 13.2 Å². The van der Waals surface area contributed by atoms with Gasteiger partial charge < -0.3 is 24.7 Å². The highest BCUT2D eigenvalue weighted by Crippen LogP contribution is 2.04. The van der Waals surface area contributed by atoms with Gasteiger partial charge in [0.1, 0.15) is 0 Å². The van der Waals surface area contributed by atoms with Crippen LogP contribution in [0.2, 0.25) is 0 Å². The fourth-order valence-electron chi connectivity index (χ4n) is 1.62. The fourth-order valence-corrected chi connectivity index (χ4v) is 1.62. The zero-order valence-electron chi connectivity index (χ0n) is 11.6. The monoisotopic (exact) mass is 248 g/mol. The van der Waals surface area contributed by atoms with Crippen molar-refractivity contribution in [3.8, 4) is 0 Å². The Kier molecular flexibility index (Phi) is 9.68. The minimum Gasteiger partial charge on any atom is -0.396 e. The van der Waals surface area contributed by atoms with E-state index in [-0.39, 0.29) is 25.3 Å². The smallest absolute Gasteiger partial charge is 0.0623 e. The summed E-state index contributed by atoms with van der Waals surface area (Å²) in [6.07, 6.45) is 1.44. The summed E-state index contributed by atoms with van der Waals surface area (Å²) < 4.78 is 5.68. The average molecular weight is 248 g/mol. The van der Waals surface area contributed by atoms with Gasteiger partial charge in [-0.25, -0.2) is 0 Å². The van der Waals surface area contributed by atoms with E-state index in [2.05, 4.69) is 9.80 Å². The maximum Gasteiger partial charge on any atom is 0.0623 e. The van der Waals surface area contributed by atoms with Crippen molar-refractivity contribution in [3.05, 3.63) is 0 Å². The Balaban J connectivity index is 3.91. The molecule has 0 heterocycles. The first-order valence-electron chi connectivity index (χ1n) is 6.15. The van der Waals surface area contributed by atoms with Crippen LogP contribution in [0, 0.1) is 0 Å².